The molecule has 0 heterocycles. The van der Waals surface area contributed by atoms with Crippen LogP contribution >= 0.6 is 0 Å². The third-order valence-electron chi connectivity index (χ3n) is 2.82. The summed E-state index contributed by atoms with van der Waals surface area (Å²) in [7, 11) is 1.60. The number of aryl methyl sites for hydroxylation is 1. The number of nitrogens with zero attached hydrogens (tertiary/aromatic N) is 1. The Kier molecular flexibility index (Phi) is 6.53. The Balaban J connectivity index is 2.87. The average molecular weight is 275 g/mol. The zero-order chi connectivity index (χ0) is 15.0. The summed E-state index contributed by atoms with van der Waals surface area (Å²) in [5.74, 6) is 0.555. The van der Waals surface area contributed by atoms with Crippen LogP contribution in [0.2, 0.25) is 0 Å². The van der Waals surface area contributed by atoms with Crippen LogP contribution in [-0.4, -0.2) is 42.7 Å². The maximum Gasteiger partial charge on any atom is 0.246 e. The fourth-order valence-electron chi connectivity index (χ4n) is 1.82. The van der Waals surface area contributed by atoms with Gasteiger partial charge in [0.05, 0.1) is 13.7 Å². The van der Waals surface area contributed by atoms with E-state index < -0.39 is 0 Å². The van der Waals surface area contributed by atoms with Gasteiger partial charge in [-0.25, -0.2) is 0 Å². The number of hydrogen-bond acceptors (Lipinski definition) is 3. The van der Waals surface area contributed by atoms with Gasteiger partial charge in [0.25, 0.3) is 0 Å². The lowest BCUT2D eigenvalue weighted by molar-refractivity contribution is -0.125. The Bertz CT molecular complexity index is 494. The number of methoxy groups -OCH3 is 1. The highest BCUT2D eigenvalue weighted by atomic mass is 16.5. The van der Waals surface area contributed by atoms with Crippen LogP contribution in [0.25, 0.3) is 6.08 Å². The smallest absolute Gasteiger partial charge is 0.246 e. The highest BCUT2D eigenvalue weighted by molar-refractivity contribution is 5.92. The number of ether oxygens (including phenoxy) is 1. The van der Waals surface area contributed by atoms with E-state index in [0.717, 1.165) is 16.9 Å². The number of aliphatic hydroxyl groups is 1. The second kappa shape index (κ2) is 8.17. The van der Waals surface area contributed by atoms with Gasteiger partial charge in [0.15, 0.2) is 0 Å². The van der Waals surface area contributed by atoms with Gasteiger partial charge in [-0.2, -0.15) is 0 Å². The first-order valence-corrected chi connectivity index (χ1v) is 6.45. The lowest BCUT2D eigenvalue weighted by atomic mass is 10.1. The van der Waals surface area contributed by atoms with Crippen molar-refractivity contribution in [2.45, 2.75) is 6.92 Å². The molecule has 0 unspecified atom stereocenters. The number of benzene rings is 1. The average Bonchev–Trinajstić information content (AvgIpc) is 2.44. The summed E-state index contributed by atoms with van der Waals surface area (Å²) in [6.45, 7) is 6.22. The standard InChI is InChI=1S/C16H21NO3/c1-4-9-17(10-11-18)16(19)8-6-14-12-13(2)5-7-15(14)20-3/h4-8,12,18H,1,9-11H2,2-3H3/b8-6+. The predicted molar refractivity (Wildman–Crippen MR) is 80.6 cm³/mol. The van der Waals surface area contributed by atoms with Gasteiger partial charge in [0.2, 0.25) is 5.91 Å². The Morgan fingerprint density at radius 3 is 2.85 bits per heavy atom. The lowest BCUT2D eigenvalue weighted by Crippen LogP contribution is -2.32. The van der Waals surface area contributed by atoms with Crippen LogP contribution in [0.3, 0.4) is 0 Å². The summed E-state index contributed by atoms with van der Waals surface area (Å²) in [6, 6.07) is 5.77. The normalized spacial score (nSPS) is 10.6. The van der Waals surface area contributed by atoms with E-state index in [1.807, 2.05) is 25.1 Å². The summed E-state index contributed by atoms with van der Waals surface area (Å²) in [6.07, 6.45) is 4.84. The van der Waals surface area contributed by atoms with Crippen molar-refractivity contribution in [3.05, 3.63) is 48.1 Å². The SMILES string of the molecule is C=CCN(CCO)C(=O)/C=C/c1cc(C)ccc1OC. The van der Waals surface area contributed by atoms with Crippen LogP contribution in [0, 0.1) is 6.92 Å². The molecule has 108 valence electrons. The largest absolute Gasteiger partial charge is 0.496 e. The van der Waals surface area contributed by atoms with E-state index >= 15 is 0 Å². The first-order valence-electron chi connectivity index (χ1n) is 6.45. The fraction of sp³-hybridized carbons (Fsp3) is 0.312. The Morgan fingerprint density at radius 2 is 2.25 bits per heavy atom. The molecule has 0 saturated heterocycles. The summed E-state index contributed by atoms with van der Waals surface area (Å²) >= 11 is 0. The van der Waals surface area contributed by atoms with E-state index in [4.69, 9.17) is 9.84 Å². The molecule has 4 nitrogen and oxygen atoms in total. The van der Waals surface area contributed by atoms with Gasteiger partial charge in [-0.1, -0.05) is 17.7 Å². The summed E-state index contributed by atoms with van der Waals surface area (Å²) in [5.41, 5.74) is 1.94. The minimum absolute atomic E-state index is 0.0683. The van der Waals surface area contributed by atoms with Crippen molar-refractivity contribution in [2.24, 2.45) is 0 Å². The fourth-order valence-corrected chi connectivity index (χ4v) is 1.82. The quantitative estimate of drug-likeness (QED) is 0.612. The van der Waals surface area contributed by atoms with E-state index in [-0.39, 0.29) is 12.5 Å². The van der Waals surface area contributed by atoms with Crippen molar-refractivity contribution in [3.8, 4) is 5.75 Å². The summed E-state index contributed by atoms with van der Waals surface area (Å²) < 4.78 is 5.26. The molecule has 0 aliphatic rings. The third kappa shape index (κ3) is 4.55. The Hall–Kier alpha value is -2.07. The topological polar surface area (TPSA) is 49.8 Å². The van der Waals surface area contributed by atoms with Crippen LogP contribution in [0.5, 0.6) is 5.75 Å². The van der Waals surface area contributed by atoms with Gasteiger partial charge in [0, 0.05) is 24.7 Å². The van der Waals surface area contributed by atoms with Crippen molar-refractivity contribution in [1.29, 1.82) is 0 Å². The lowest BCUT2D eigenvalue weighted by Gasteiger charge is -2.17. The van der Waals surface area contributed by atoms with E-state index in [1.165, 1.54) is 11.0 Å². The number of carbonyl (C=O) groups excluding carboxylic acids is 1. The van der Waals surface area contributed by atoms with E-state index in [9.17, 15) is 4.79 Å². The second-order valence-electron chi connectivity index (χ2n) is 4.38. The molecule has 20 heavy (non-hydrogen) atoms. The van der Waals surface area contributed by atoms with Crippen molar-refractivity contribution in [2.75, 3.05) is 26.8 Å². The Morgan fingerprint density at radius 1 is 1.50 bits per heavy atom. The molecule has 0 atom stereocenters. The molecule has 0 aromatic heterocycles. The molecular weight excluding hydrogens is 254 g/mol. The number of rotatable bonds is 7. The highest BCUT2D eigenvalue weighted by Crippen LogP contribution is 2.21. The van der Waals surface area contributed by atoms with Crippen LogP contribution in [0.15, 0.2) is 36.9 Å². The Labute approximate surface area is 120 Å². The molecule has 4 heteroatoms. The molecule has 0 saturated carbocycles. The van der Waals surface area contributed by atoms with E-state index in [0.29, 0.717) is 13.1 Å². The number of hydrogen-bond donors (Lipinski definition) is 1. The zero-order valence-corrected chi connectivity index (χ0v) is 12.0. The van der Waals surface area contributed by atoms with Crippen LogP contribution in [0.4, 0.5) is 0 Å². The summed E-state index contributed by atoms with van der Waals surface area (Å²) in [5, 5.41) is 8.94. The van der Waals surface area contributed by atoms with Crippen LogP contribution < -0.4 is 4.74 Å². The van der Waals surface area contributed by atoms with E-state index in [1.54, 1.807) is 19.3 Å². The van der Waals surface area contributed by atoms with Crippen molar-refractivity contribution >= 4 is 12.0 Å². The van der Waals surface area contributed by atoms with Gasteiger partial charge in [0.1, 0.15) is 5.75 Å². The van der Waals surface area contributed by atoms with Crippen LogP contribution in [-0.2, 0) is 4.79 Å². The zero-order valence-electron chi connectivity index (χ0n) is 12.0. The first-order chi connectivity index (χ1) is 9.62. The molecule has 0 spiro atoms. The molecule has 0 fully saturated rings. The minimum Gasteiger partial charge on any atom is -0.496 e. The number of amides is 1. The molecule has 0 aliphatic heterocycles. The number of aliphatic hydroxyl groups excluding tert-OH is 1. The molecule has 0 bridgehead atoms. The minimum atomic E-state index is -0.164. The molecule has 1 aromatic rings. The molecule has 0 radical (unpaired) electrons. The highest BCUT2D eigenvalue weighted by Gasteiger charge is 2.08. The van der Waals surface area contributed by atoms with Crippen molar-refractivity contribution in [1.82, 2.24) is 4.90 Å². The molecule has 1 amide bonds. The van der Waals surface area contributed by atoms with Crippen LogP contribution in [0.1, 0.15) is 11.1 Å². The van der Waals surface area contributed by atoms with Gasteiger partial charge in [-0.15, -0.1) is 6.58 Å². The monoisotopic (exact) mass is 275 g/mol. The maximum atomic E-state index is 12.0. The molecule has 0 aliphatic carbocycles. The van der Waals surface area contributed by atoms with Gasteiger partial charge in [-0.3, -0.25) is 4.79 Å². The first kappa shape index (κ1) is 16.0. The molecule has 1 aromatic carbocycles. The van der Waals surface area contributed by atoms with Crippen molar-refractivity contribution in [3.63, 3.8) is 0 Å². The van der Waals surface area contributed by atoms with Crippen molar-refractivity contribution < 1.29 is 14.6 Å². The predicted octanol–water partition coefficient (Wildman–Crippen LogP) is 2.02. The molecule has 1 rings (SSSR count). The molecular formula is C16H21NO3. The number of carbonyl (C=O) groups is 1. The second-order valence-corrected chi connectivity index (χ2v) is 4.38. The van der Waals surface area contributed by atoms with Gasteiger partial charge in [-0.05, 0) is 25.1 Å². The molecule has 1 N–H and O–H groups in total. The summed E-state index contributed by atoms with van der Waals surface area (Å²) in [4.78, 5) is 13.5. The maximum absolute atomic E-state index is 12.0. The van der Waals surface area contributed by atoms with Gasteiger partial charge >= 0.3 is 0 Å². The van der Waals surface area contributed by atoms with Gasteiger partial charge < -0.3 is 14.7 Å². The third-order valence-corrected chi connectivity index (χ3v) is 2.82. The van der Waals surface area contributed by atoms with E-state index in [2.05, 4.69) is 6.58 Å².